The molecule has 3 N–H and O–H groups in total. The third-order valence-corrected chi connectivity index (χ3v) is 0.772. The topological polar surface area (TPSA) is 64.3 Å². The summed E-state index contributed by atoms with van der Waals surface area (Å²) in [4.78, 5) is 14.7. The molecule has 1 heterocycles. The molecule has 1 rings (SSSR count). The molecular weight excluding hydrogens is 195 g/mol. The van der Waals surface area contributed by atoms with Crippen LogP contribution in [0.5, 0.6) is 0 Å². The highest BCUT2D eigenvalue weighted by Crippen LogP contribution is 1.87. The summed E-state index contributed by atoms with van der Waals surface area (Å²) in [5.41, 5.74) is 7.25. The van der Waals surface area contributed by atoms with Gasteiger partial charge in [0.05, 0.1) is 6.61 Å². The molecule has 0 aromatic rings. The quantitative estimate of drug-likeness (QED) is 0.385. The third-order valence-electron chi connectivity index (χ3n) is 0.772. The van der Waals surface area contributed by atoms with Crippen LogP contribution in [0.25, 0.3) is 0 Å². The van der Waals surface area contributed by atoms with Crippen molar-refractivity contribution in [2.45, 2.75) is 6.04 Å². The molecule has 0 bridgehead atoms. The van der Waals surface area contributed by atoms with Crippen LogP contribution in [0.15, 0.2) is 0 Å². The second-order valence-corrected chi connectivity index (χ2v) is 4.11. The maximum Gasteiger partial charge on any atom is 0.262 e. The first-order valence-corrected chi connectivity index (χ1v) is 6.79. The van der Waals surface area contributed by atoms with E-state index in [1.807, 2.05) is 0 Å². The molecular formula is C3H8Cl2N2O2Si. The molecule has 1 aliphatic heterocycles. The first-order chi connectivity index (χ1) is 4.72. The molecule has 0 aliphatic carbocycles. The van der Waals surface area contributed by atoms with E-state index < -0.39 is 14.2 Å². The number of rotatable bonds is 0. The number of amides is 1. The number of nitrogens with one attached hydrogen (secondary N) is 1. The highest BCUT2D eigenvalue weighted by Gasteiger charge is 2.19. The van der Waals surface area contributed by atoms with Crippen molar-refractivity contribution in [3.8, 4) is 0 Å². The second kappa shape index (κ2) is 5.93. The second-order valence-electron chi connectivity index (χ2n) is 1.48. The highest BCUT2D eigenvalue weighted by atomic mass is 35.7. The average Bonchev–Trinajstić information content (AvgIpc) is 2.19. The Morgan fingerprint density at radius 3 is 2.40 bits per heavy atom. The van der Waals surface area contributed by atoms with Crippen LogP contribution in [0.1, 0.15) is 0 Å². The number of halogens is 2. The van der Waals surface area contributed by atoms with Gasteiger partial charge in [0.15, 0.2) is 0 Å². The first kappa shape index (κ1) is 10.2. The molecule has 1 fully saturated rings. The number of carbonyl (C=O) groups excluding carboxylic acids is 1. The van der Waals surface area contributed by atoms with Crippen molar-refractivity contribution >= 4 is 36.2 Å². The number of hydrogen-bond donors (Lipinski definition) is 2. The van der Waals surface area contributed by atoms with Crippen LogP contribution >= 0.6 is 22.2 Å². The largest absolute Gasteiger partial charge is 0.318 e. The summed E-state index contributed by atoms with van der Waals surface area (Å²) in [5, 5.41) is 0. The van der Waals surface area contributed by atoms with Crippen LogP contribution in [-0.4, -0.2) is 26.7 Å². The van der Waals surface area contributed by atoms with Crippen LogP contribution < -0.4 is 11.2 Å². The minimum absolute atomic E-state index is 0.236. The standard InChI is InChI=1S/C3H6N2O2.Cl2H2Si/c4-2-1-7-5-3(2)6;1-3-2/h2H,1,4H2,(H,5,6);3H2/t2-;/m1./s1. The number of nitrogens with two attached hydrogens (primary N) is 1. The Hall–Kier alpha value is 0.187. The van der Waals surface area contributed by atoms with Crippen LogP contribution in [0, 0.1) is 0 Å². The van der Waals surface area contributed by atoms with E-state index in [1.54, 1.807) is 0 Å². The van der Waals surface area contributed by atoms with Gasteiger partial charge in [0, 0.05) is 0 Å². The summed E-state index contributed by atoms with van der Waals surface area (Å²) in [5.74, 6) is -0.236. The fourth-order valence-corrected chi connectivity index (χ4v) is 0.354. The Bertz CT molecular complexity index is 115. The molecule has 0 spiro atoms. The Labute approximate surface area is 70.2 Å². The van der Waals surface area contributed by atoms with Crippen molar-refractivity contribution in [3.05, 3.63) is 0 Å². The molecule has 0 saturated carbocycles. The van der Waals surface area contributed by atoms with E-state index >= 15 is 0 Å². The number of hydroxylamine groups is 1. The molecule has 1 aliphatic rings. The lowest BCUT2D eigenvalue weighted by Gasteiger charge is -1.87. The molecule has 60 valence electrons. The zero-order valence-electron chi connectivity index (χ0n) is 5.14. The predicted molar refractivity (Wildman–Crippen MR) is 42.3 cm³/mol. The fraction of sp³-hybridized carbons (Fsp3) is 0.667. The predicted octanol–water partition coefficient (Wildman–Crippen LogP) is -1.16. The van der Waals surface area contributed by atoms with Gasteiger partial charge in [0.2, 0.25) is 8.14 Å². The number of hydrogen-bond acceptors (Lipinski definition) is 3. The van der Waals surface area contributed by atoms with Crippen molar-refractivity contribution in [3.63, 3.8) is 0 Å². The van der Waals surface area contributed by atoms with Gasteiger partial charge >= 0.3 is 0 Å². The van der Waals surface area contributed by atoms with Crippen LogP contribution in [-0.2, 0) is 9.63 Å². The Balaban J connectivity index is 0.000000236. The Kier molecular flexibility index (Phi) is 6.04. The minimum atomic E-state index is -0.639. The van der Waals surface area contributed by atoms with Gasteiger partial charge in [-0.15, -0.1) is 0 Å². The molecule has 1 amide bonds. The molecule has 7 heteroatoms. The van der Waals surface area contributed by atoms with Gasteiger partial charge < -0.3 is 5.73 Å². The lowest BCUT2D eigenvalue weighted by molar-refractivity contribution is -0.124. The summed E-state index contributed by atoms with van der Waals surface area (Å²) in [6.07, 6.45) is 0. The van der Waals surface area contributed by atoms with Crippen LogP contribution in [0.3, 0.4) is 0 Å². The Morgan fingerprint density at radius 2 is 2.30 bits per heavy atom. The molecule has 1 saturated heterocycles. The lowest BCUT2D eigenvalue weighted by atomic mass is 10.3. The van der Waals surface area contributed by atoms with E-state index in [1.165, 1.54) is 0 Å². The van der Waals surface area contributed by atoms with Crippen LogP contribution in [0.2, 0.25) is 0 Å². The van der Waals surface area contributed by atoms with Crippen molar-refractivity contribution in [2.75, 3.05) is 6.61 Å². The van der Waals surface area contributed by atoms with Crippen molar-refractivity contribution in [2.24, 2.45) is 5.73 Å². The first-order valence-electron chi connectivity index (χ1n) is 2.51. The maximum atomic E-state index is 10.2. The summed E-state index contributed by atoms with van der Waals surface area (Å²) < 4.78 is 0. The number of carbonyl (C=O) groups is 1. The zero-order chi connectivity index (χ0) is 7.98. The summed E-state index contributed by atoms with van der Waals surface area (Å²) >= 11 is 9.81. The minimum Gasteiger partial charge on any atom is -0.318 e. The van der Waals surface area contributed by atoms with E-state index in [-0.39, 0.29) is 5.91 Å². The van der Waals surface area contributed by atoms with Gasteiger partial charge in [0.25, 0.3) is 5.91 Å². The van der Waals surface area contributed by atoms with Gasteiger partial charge in [-0.25, -0.2) is 5.48 Å². The van der Waals surface area contributed by atoms with Crippen molar-refractivity contribution < 1.29 is 9.63 Å². The zero-order valence-corrected chi connectivity index (χ0v) is 8.07. The van der Waals surface area contributed by atoms with E-state index in [2.05, 4.69) is 10.3 Å². The molecule has 0 unspecified atom stereocenters. The van der Waals surface area contributed by atoms with Crippen molar-refractivity contribution in [1.82, 2.24) is 5.48 Å². The molecule has 4 nitrogen and oxygen atoms in total. The third kappa shape index (κ3) is 4.07. The Morgan fingerprint density at radius 1 is 1.80 bits per heavy atom. The molecule has 1 atom stereocenters. The van der Waals surface area contributed by atoms with Gasteiger partial charge in [-0.1, -0.05) is 0 Å². The summed E-state index contributed by atoms with van der Waals surface area (Å²) in [7, 11) is -0.639. The van der Waals surface area contributed by atoms with Gasteiger partial charge in [-0.3, -0.25) is 9.63 Å². The summed E-state index contributed by atoms with van der Waals surface area (Å²) in [6.45, 7) is 0.291. The molecule has 0 aromatic heterocycles. The fourth-order valence-electron chi connectivity index (χ4n) is 0.354. The molecule has 10 heavy (non-hydrogen) atoms. The molecule has 0 radical (unpaired) electrons. The molecule has 0 aromatic carbocycles. The van der Waals surface area contributed by atoms with E-state index in [0.29, 0.717) is 6.61 Å². The SMILES string of the molecule is Cl[SiH2]Cl.N[C@@H]1CONC1=O. The smallest absolute Gasteiger partial charge is 0.262 e. The lowest BCUT2D eigenvalue weighted by Crippen LogP contribution is -2.31. The van der Waals surface area contributed by atoms with Crippen molar-refractivity contribution in [1.29, 1.82) is 0 Å². The van der Waals surface area contributed by atoms with E-state index in [0.717, 1.165) is 0 Å². The maximum absolute atomic E-state index is 10.2. The van der Waals surface area contributed by atoms with Crippen LogP contribution in [0.4, 0.5) is 0 Å². The van der Waals surface area contributed by atoms with Gasteiger partial charge in [0.1, 0.15) is 6.04 Å². The van der Waals surface area contributed by atoms with Gasteiger partial charge in [-0.05, 0) is 0 Å². The van der Waals surface area contributed by atoms with E-state index in [4.69, 9.17) is 27.9 Å². The normalized spacial score (nSPS) is 23.1. The van der Waals surface area contributed by atoms with Gasteiger partial charge in [-0.2, -0.15) is 22.2 Å². The highest BCUT2D eigenvalue weighted by molar-refractivity contribution is 7.22. The van der Waals surface area contributed by atoms with E-state index in [9.17, 15) is 4.79 Å². The summed E-state index contributed by atoms with van der Waals surface area (Å²) in [6, 6.07) is -0.458. The average molecular weight is 203 g/mol. The monoisotopic (exact) mass is 202 g/mol.